The predicted molar refractivity (Wildman–Crippen MR) is 79.5 cm³/mol. The van der Waals surface area contributed by atoms with Crippen LogP contribution in [0.15, 0.2) is 27.2 Å². The molecule has 0 unspecified atom stereocenters. The lowest BCUT2D eigenvalue weighted by atomic mass is 10.4. The van der Waals surface area contributed by atoms with Crippen molar-refractivity contribution in [2.24, 2.45) is 0 Å². The number of hydrogen-bond donors (Lipinski definition) is 0. The molecule has 0 fully saturated rings. The molecule has 0 bridgehead atoms. The van der Waals surface area contributed by atoms with Gasteiger partial charge in [0.2, 0.25) is 0 Å². The van der Waals surface area contributed by atoms with E-state index in [4.69, 9.17) is 11.6 Å². The van der Waals surface area contributed by atoms with Gasteiger partial charge in [-0.15, -0.1) is 34.3 Å². The molecule has 0 saturated carbocycles. The lowest BCUT2D eigenvalue weighted by Gasteiger charge is -2.14. The van der Waals surface area contributed by atoms with Crippen LogP contribution in [0.3, 0.4) is 0 Å². The number of nitrogens with zero attached hydrogens (tertiary/aromatic N) is 2. The van der Waals surface area contributed by atoms with Crippen molar-refractivity contribution in [3.8, 4) is 0 Å². The summed E-state index contributed by atoms with van der Waals surface area (Å²) in [6.45, 7) is 0.286. The Bertz CT molecular complexity index is 622. The predicted octanol–water partition coefficient (Wildman–Crippen LogP) is 2.81. The molecule has 0 spiro atoms. The van der Waals surface area contributed by atoms with Crippen LogP contribution in [0.1, 0.15) is 10.6 Å². The van der Waals surface area contributed by atoms with Crippen molar-refractivity contribution in [2.75, 3.05) is 12.9 Å². The molecule has 19 heavy (non-hydrogen) atoms. The average molecular weight is 337 g/mol. The molecule has 0 atom stereocenters. The smallest absolute Gasteiger partial charge is 0.248 e. The summed E-state index contributed by atoms with van der Waals surface area (Å²) in [6.07, 6.45) is 0.692. The quantitative estimate of drug-likeness (QED) is 0.762. The zero-order valence-electron chi connectivity index (χ0n) is 10.2. The van der Waals surface area contributed by atoms with Gasteiger partial charge < -0.3 is 0 Å². The monoisotopic (exact) mass is 336 g/mol. The van der Waals surface area contributed by atoms with Crippen LogP contribution in [-0.4, -0.2) is 30.6 Å². The van der Waals surface area contributed by atoms with Crippen molar-refractivity contribution in [3.05, 3.63) is 33.6 Å². The molecule has 8 heteroatoms. The first kappa shape index (κ1) is 14.9. The lowest BCUT2D eigenvalue weighted by molar-refractivity contribution is 0.464. The SMILES string of the molecule is CN(Cc1cscn1)S(=O)(=O)c1ccc(CCCl)s1. The number of alkyl halides is 1. The summed E-state index contributed by atoms with van der Waals surface area (Å²) < 4.78 is 26.4. The first-order chi connectivity index (χ1) is 9.04. The van der Waals surface area contributed by atoms with E-state index in [1.54, 1.807) is 18.6 Å². The third-order valence-electron chi connectivity index (χ3n) is 2.51. The highest BCUT2D eigenvalue weighted by Gasteiger charge is 2.23. The largest absolute Gasteiger partial charge is 0.252 e. The Balaban J connectivity index is 2.16. The molecular weight excluding hydrogens is 324 g/mol. The summed E-state index contributed by atoms with van der Waals surface area (Å²) >= 11 is 8.38. The van der Waals surface area contributed by atoms with Crippen LogP contribution in [-0.2, 0) is 23.0 Å². The Labute approximate surface area is 125 Å². The standard InChI is InChI=1S/C11H13ClN2O2S3/c1-14(6-9-7-17-8-13-9)19(15,16)11-3-2-10(18-11)4-5-12/h2-3,7-8H,4-6H2,1H3. The van der Waals surface area contributed by atoms with Crippen LogP contribution >= 0.6 is 34.3 Å². The Morgan fingerprint density at radius 1 is 1.42 bits per heavy atom. The number of hydrogen-bond acceptors (Lipinski definition) is 5. The van der Waals surface area contributed by atoms with Gasteiger partial charge in [-0.3, -0.25) is 0 Å². The van der Waals surface area contributed by atoms with Gasteiger partial charge in [-0.05, 0) is 18.6 Å². The number of aromatic nitrogens is 1. The van der Waals surface area contributed by atoms with Crippen molar-refractivity contribution >= 4 is 44.3 Å². The first-order valence-electron chi connectivity index (χ1n) is 5.52. The molecule has 0 N–H and O–H groups in total. The maximum atomic E-state index is 12.4. The van der Waals surface area contributed by atoms with Crippen LogP contribution in [0.2, 0.25) is 0 Å². The van der Waals surface area contributed by atoms with Crippen LogP contribution in [0.5, 0.6) is 0 Å². The van der Waals surface area contributed by atoms with E-state index in [9.17, 15) is 8.42 Å². The maximum Gasteiger partial charge on any atom is 0.252 e. The molecule has 4 nitrogen and oxygen atoms in total. The van der Waals surface area contributed by atoms with Gasteiger partial charge in [0.1, 0.15) is 4.21 Å². The number of halogens is 1. The van der Waals surface area contributed by atoms with Gasteiger partial charge in [0.25, 0.3) is 10.0 Å². The van der Waals surface area contributed by atoms with E-state index in [2.05, 4.69) is 4.98 Å². The molecule has 0 radical (unpaired) electrons. The van der Waals surface area contributed by atoms with E-state index < -0.39 is 10.0 Å². The topological polar surface area (TPSA) is 50.3 Å². The van der Waals surface area contributed by atoms with Crippen molar-refractivity contribution < 1.29 is 8.42 Å². The highest BCUT2D eigenvalue weighted by molar-refractivity contribution is 7.91. The summed E-state index contributed by atoms with van der Waals surface area (Å²) in [6, 6.07) is 3.45. The van der Waals surface area contributed by atoms with Crippen molar-refractivity contribution in [1.82, 2.24) is 9.29 Å². The van der Waals surface area contributed by atoms with E-state index in [0.717, 1.165) is 10.6 Å². The van der Waals surface area contributed by atoms with Crippen molar-refractivity contribution in [3.63, 3.8) is 0 Å². The fourth-order valence-corrected chi connectivity index (χ4v) is 5.08. The van der Waals surface area contributed by atoms with E-state index in [-0.39, 0.29) is 6.54 Å². The molecule has 0 aliphatic heterocycles. The van der Waals surface area contributed by atoms with Gasteiger partial charge in [-0.1, -0.05) is 0 Å². The Morgan fingerprint density at radius 2 is 2.21 bits per heavy atom. The normalized spacial score (nSPS) is 12.2. The van der Waals surface area contributed by atoms with E-state index >= 15 is 0 Å². The Morgan fingerprint density at radius 3 is 2.84 bits per heavy atom. The third kappa shape index (κ3) is 3.55. The van der Waals surface area contributed by atoms with Crippen LogP contribution < -0.4 is 0 Å². The maximum absolute atomic E-state index is 12.4. The summed E-state index contributed by atoms with van der Waals surface area (Å²) in [7, 11) is -1.87. The molecule has 2 rings (SSSR count). The van der Waals surface area contributed by atoms with Gasteiger partial charge >= 0.3 is 0 Å². The molecule has 0 saturated heterocycles. The molecule has 0 aromatic carbocycles. The molecule has 2 heterocycles. The van der Waals surface area contributed by atoms with Crippen LogP contribution in [0.25, 0.3) is 0 Å². The fourth-order valence-electron chi connectivity index (χ4n) is 1.51. The minimum absolute atomic E-state index is 0.286. The second-order valence-corrected chi connectivity index (χ2v) is 8.44. The highest BCUT2D eigenvalue weighted by Crippen LogP contribution is 2.25. The molecule has 0 aliphatic rings. The number of thiazole rings is 1. The summed E-state index contributed by atoms with van der Waals surface area (Å²) in [5, 5.41) is 1.85. The van der Waals surface area contributed by atoms with Crippen LogP contribution in [0.4, 0.5) is 0 Å². The minimum atomic E-state index is -3.44. The molecule has 2 aromatic heterocycles. The summed E-state index contributed by atoms with van der Waals surface area (Å²) in [5.41, 5.74) is 2.45. The van der Waals surface area contributed by atoms with Gasteiger partial charge in [0.15, 0.2) is 0 Å². The fraction of sp³-hybridized carbons (Fsp3) is 0.364. The van der Waals surface area contributed by atoms with Crippen molar-refractivity contribution in [1.29, 1.82) is 0 Å². The zero-order chi connectivity index (χ0) is 13.9. The number of thiophene rings is 1. The van der Waals surface area contributed by atoms with Gasteiger partial charge in [0, 0.05) is 23.2 Å². The van der Waals surface area contributed by atoms with E-state index in [1.165, 1.54) is 27.0 Å². The second kappa shape index (κ2) is 6.32. The van der Waals surface area contributed by atoms with Crippen LogP contribution in [0, 0.1) is 0 Å². The molecular formula is C11H13ClN2O2S3. The average Bonchev–Trinajstić information content (AvgIpc) is 3.00. The molecule has 0 amide bonds. The Kier molecular flexibility index (Phi) is 4.97. The molecule has 0 aliphatic carbocycles. The number of rotatable bonds is 6. The lowest BCUT2D eigenvalue weighted by Crippen LogP contribution is -2.25. The molecule has 2 aromatic rings. The van der Waals surface area contributed by atoms with E-state index in [1.807, 2.05) is 11.4 Å². The summed E-state index contributed by atoms with van der Waals surface area (Å²) in [5.74, 6) is 0.495. The van der Waals surface area contributed by atoms with E-state index in [0.29, 0.717) is 16.5 Å². The molecule has 104 valence electrons. The first-order valence-corrected chi connectivity index (χ1v) is 9.25. The minimum Gasteiger partial charge on any atom is -0.248 e. The third-order valence-corrected chi connectivity index (χ3v) is 6.75. The zero-order valence-corrected chi connectivity index (χ0v) is 13.4. The van der Waals surface area contributed by atoms with Gasteiger partial charge in [0.05, 0.1) is 17.7 Å². The van der Waals surface area contributed by atoms with Gasteiger partial charge in [-0.25, -0.2) is 13.4 Å². The second-order valence-electron chi connectivity index (χ2n) is 3.90. The highest BCUT2D eigenvalue weighted by atomic mass is 35.5. The number of sulfonamides is 1. The Hall–Kier alpha value is -0.470. The summed E-state index contributed by atoms with van der Waals surface area (Å²) in [4.78, 5) is 5.08. The van der Waals surface area contributed by atoms with Gasteiger partial charge in [-0.2, -0.15) is 4.31 Å². The van der Waals surface area contributed by atoms with Crippen molar-refractivity contribution in [2.45, 2.75) is 17.2 Å². The number of aryl methyl sites for hydroxylation is 1.